The molecule has 0 bridgehead atoms. The molecule has 2 aromatic carbocycles. The summed E-state index contributed by atoms with van der Waals surface area (Å²) in [6.07, 6.45) is 5.39. The van der Waals surface area contributed by atoms with Gasteiger partial charge in [-0.1, -0.05) is 36.8 Å². The van der Waals surface area contributed by atoms with Crippen LogP contribution in [0.15, 0.2) is 59.1 Å². The minimum absolute atomic E-state index is 0.0286. The van der Waals surface area contributed by atoms with Gasteiger partial charge in [-0.3, -0.25) is 9.89 Å². The Hall–Kier alpha value is -4.27. The van der Waals surface area contributed by atoms with Crippen LogP contribution in [-0.4, -0.2) is 44.6 Å². The van der Waals surface area contributed by atoms with Crippen LogP contribution < -0.4 is 10.2 Å². The first kappa shape index (κ1) is 22.9. The summed E-state index contributed by atoms with van der Waals surface area (Å²) in [6, 6.07) is 14.2. The molecule has 0 spiro atoms. The minimum atomic E-state index is -0.375. The van der Waals surface area contributed by atoms with Gasteiger partial charge in [-0.25, -0.2) is 14.4 Å². The van der Waals surface area contributed by atoms with Gasteiger partial charge in [-0.05, 0) is 43.9 Å². The van der Waals surface area contributed by atoms with Crippen LogP contribution in [-0.2, 0) is 4.79 Å². The van der Waals surface area contributed by atoms with Gasteiger partial charge in [-0.2, -0.15) is 5.10 Å². The lowest BCUT2D eigenvalue weighted by atomic mass is 9.79. The molecule has 2 fully saturated rings. The van der Waals surface area contributed by atoms with E-state index in [4.69, 9.17) is 9.40 Å². The number of aromatic nitrogens is 4. The number of halogens is 1. The highest BCUT2D eigenvalue weighted by molar-refractivity contribution is 6.06. The average Bonchev–Trinajstić information content (AvgIpc) is 3.60. The Kier molecular flexibility index (Phi) is 5.38. The number of Topliss-reactive ketones (excluding diaryl/α,β-unsaturated/α-hetero) is 1. The van der Waals surface area contributed by atoms with E-state index in [1.807, 2.05) is 43.5 Å². The molecule has 4 heterocycles. The van der Waals surface area contributed by atoms with Gasteiger partial charge in [-0.15, -0.1) is 0 Å². The molecule has 2 N–H and O–H groups in total. The summed E-state index contributed by atoms with van der Waals surface area (Å²) in [4.78, 5) is 25.1. The van der Waals surface area contributed by atoms with E-state index in [1.54, 1.807) is 6.07 Å². The number of carbonyl (C=O) groups excluding carboxylic acids is 1. The molecule has 3 aromatic heterocycles. The first-order chi connectivity index (χ1) is 18.5. The van der Waals surface area contributed by atoms with E-state index in [0.717, 1.165) is 41.6 Å². The number of nitrogens with zero attached hydrogens (tertiary/aromatic N) is 4. The number of rotatable bonds is 6. The second-order valence-electron chi connectivity index (χ2n) is 10.3. The van der Waals surface area contributed by atoms with Crippen molar-refractivity contribution in [2.24, 2.45) is 5.92 Å². The van der Waals surface area contributed by atoms with Gasteiger partial charge in [0.25, 0.3) is 0 Å². The first-order valence-corrected chi connectivity index (χ1v) is 13.1. The lowest BCUT2D eigenvalue weighted by Gasteiger charge is -2.31. The first-order valence-electron chi connectivity index (χ1n) is 13.1. The van der Waals surface area contributed by atoms with Crippen molar-refractivity contribution < 1.29 is 13.6 Å². The second kappa shape index (κ2) is 8.93. The van der Waals surface area contributed by atoms with Gasteiger partial charge < -0.3 is 14.6 Å². The molecule has 8 nitrogen and oxygen atoms in total. The van der Waals surface area contributed by atoms with Crippen LogP contribution in [0.25, 0.3) is 33.2 Å². The largest absolute Gasteiger partial charge is 0.450 e. The summed E-state index contributed by atoms with van der Waals surface area (Å²) >= 11 is 0. The number of aryl methyl sites for hydroxylation is 1. The second-order valence-corrected chi connectivity index (χ2v) is 10.3. The summed E-state index contributed by atoms with van der Waals surface area (Å²) in [5, 5.41) is 11.7. The molecule has 7 rings (SSSR count). The van der Waals surface area contributed by atoms with E-state index < -0.39 is 0 Å². The standard InChI is InChI=1S/C29H27FN6O2/c1-16-32-25-21-11-10-19(30)12-24(21)38-27(25)29(33-16)36-15-20(13-23(36)26(37)18-8-5-9-18)34-28-22(14-31-35-28)17-6-3-2-4-7-17/h2-4,6-7,10-12,14,18,20,23H,5,8-9,13,15H2,1H3,(H2,31,34,35). The van der Waals surface area contributed by atoms with Crippen LogP contribution in [0.4, 0.5) is 16.0 Å². The van der Waals surface area contributed by atoms with Crippen LogP contribution in [0.3, 0.4) is 0 Å². The maximum Gasteiger partial charge on any atom is 0.196 e. The smallest absolute Gasteiger partial charge is 0.196 e. The van der Waals surface area contributed by atoms with E-state index >= 15 is 0 Å². The third-order valence-corrected chi connectivity index (χ3v) is 7.85. The van der Waals surface area contributed by atoms with Crippen LogP contribution in [0.2, 0.25) is 0 Å². The number of hydrogen-bond acceptors (Lipinski definition) is 7. The summed E-state index contributed by atoms with van der Waals surface area (Å²) in [5.74, 6) is 1.93. The van der Waals surface area contributed by atoms with Gasteiger partial charge >= 0.3 is 0 Å². The molecule has 2 aliphatic rings. The molecule has 38 heavy (non-hydrogen) atoms. The van der Waals surface area contributed by atoms with E-state index in [1.165, 1.54) is 12.1 Å². The van der Waals surface area contributed by atoms with Crippen molar-refractivity contribution in [2.45, 2.75) is 44.7 Å². The average molecular weight is 511 g/mol. The number of hydrogen-bond donors (Lipinski definition) is 2. The summed E-state index contributed by atoms with van der Waals surface area (Å²) in [7, 11) is 0. The van der Waals surface area contributed by atoms with Crippen molar-refractivity contribution in [3.63, 3.8) is 0 Å². The predicted octanol–water partition coefficient (Wildman–Crippen LogP) is 5.64. The molecule has 0 radical (unpaired) electrons. The highest BCUT2D eigenvalue weighted by Gasteiger charge is 2.43. The molecule has 1 aliphatic carbocycles. The van der Waals surface area contributed by atoms with Gasteiger partial charge in [0.15, 0.2) is 17.2 Å². The molecule has 9 heteroatoms. The van der Waals surface area contributed by atoms with E-state index in [0.29, 0.717) is 41.3 Å². The Labute approximate surface area is 218 Å². The Balaban J connectivity index is 1.28. The number of fused-ring (bicyclic) bond motifs is 3. The maximum absolute atomic E-state index is 14.0. The fraction of sp³-hybridized carbons (Fsp3) is 0.310. The Morgan fingerprint density at radius 2 is 2.00 bits per heavy atom. The van der Waals surface area contributed by atoms with Crippen molar-refractivity contribution in [3.8, 4) is 11.1 Å². The van der Waals surface area contributed by atoms with E-state index in [-0.39, 0.29) is 29.6 Å². The van der Waals surface area contributed by atoms with E-state index in [2.05, 4.69) is 25.4 Å². The van der Waals surface area contributed by atoms with Crippen LogP contribution in [0.5, 0.6) is 0 Å². The molecule has 1 aliphatic heterocycles. The number of furan rings is 1. The highest BCUT2D eigenvalue weighted by atomic mass is 19.1. The van der Waals surface area contributed by atoms with Crippen LogP contribution >= 0.6 is 0 Å². The zero-order valence-electron chi connectivity index (χ0n) is 20.9. The van der Waals surface area contributed by atoms with Gasteiger partial charge in [0.1, 0.15) is 28.6 Å². The molecule has 2 atom stereocenters. The fourth-order valence-corrected chi connectivity index (χ4v) is 5.75. The normalized spacial score (nSPS) is 19.8. The SMILES string of the molecule is Cc1nc(N2CC(Nc3[nH]ncc3-c3ccccc3)CC2C(=O)C2CCC2)c2oc3cc(F)ccc3c2n1. The van der Waals surface area contributed by atoms with Crippen molar-refractivity contribution in [2.75, 3.05) is 16.8 Å². The molecule has 1 saturated heterocycles. The fourth-order valence-electron chi connectivity index (χ4n) is 5.75. The Morgan fingerprint density at radius 1 is 1.16 bits per heavy atom. The topological polar surface area (TPSA) is 99.9 Å². The lowest BCUT2D eigenvalue weighted by molar-refractivity contribution is -0.126. The number of nitrogens with one attached hydrogen (secondary N) is 2. The minimum Gasteiger partial charge on any atom is -0.450 e. The maximum atomic E-state index is 14.0. The number of aromatic amines is 1. The monoisotopic (exact) mass is 510 g/mol. The number of ketones is 1. The molecular weight excluding hydrogens is 483 g/mol. The molecule has 1 saturated carbocycles. The number of H-pyrrole nitrogens is 1. The third-order valence-electron chi connectivity index (χ3n) is 7.85. The summed E-state index contributed by atoms with van der Waals surface area (Å²) in [6.45, 7) is 2.38. The molecule has 5 aromatic rings. The summed E-state index contributed by atoms with van der Waals surface area (Å²) < 4.78 is 20.1. The zero-order chi connectivity index (χ0) is 25.8. The van der Waals surface area contributed by atoms with Gasteiger partial charge in [0.05, 0.1) is 12.2 Å². The predicted molar refractivity (Wildman–Crippen MR) is 144 cm³/mol. The summed E-state index contributed by atoms with van der Waals surface area (Å²) in [5.41, 5.74) is 3.57. The third kappa shape index (κ3) is 3.81. The zero-order valence-corrected chi connectivity index (χ0v) is 20.9. The number of carbonyl (C=O) groups is 1. The van der Waals surface area contributed by atoms with E-state index in [9.17, 15) is 9.18 Å². The number of anilines is 2. The highest BCUT2D eigenvalue weighted by Crippen LogP contribution is 2.39. The lowest BCUT2D eigenvalue weighted by Crippen LogP contribution is -2.42. The van der Waals surface area contributed by atoms with Gasteiger partial charge in [0.2, 0.25) is 0 Å². The van der Waals surface area contributed by atoms with Crippen molar-refractivity contribution in [1.29, 1.82) is 0 Å². The van der Waals surface area contributed by atoms with Crippen LogP contribution in [0.1, 0.15) is 31.5 Å². The van der Waals surface area contributed by atoms with Crippen molar-refractivity contribution >= 4 is 39.5 Å². The molecule has 0 amide bonds. The van der Waals surface area contributed by atoms with Crippen molar-refractivity contribution in [3.05, 3.63) is 66.4 Å². The van der Waals surface area contributed by atoms with Gasteiger partial charge in [0, 0.05) is 35.5 Å². The number of benzene rings is 2. The molecular formula is C29H27FN6O2. The quantitative estimate of drug-likeness (QED) is 0.305. The Morgan fingerprint density at radius 3 is 2.79 bits per heavy atom. The Bertz CT molecular complexity index is 1660. The van der Waals surface area contributed by atoms with Crippen LogP contribution in [0, 0.1) is 18.7 Å². The molecule has 2 unspecified atom stereocenters. The van der Waals surface area contributed by atoms with Crippen molar-refractivity contribution in [1.82, 2.24) is 20.2 Å². The molecule has 192 valence electrons.